The zero-order chi connectivity index (χ0) is 28.6. The highest BCUT2D eigenvalue weighted by Crippen LogP contribution is 2.46. The summed E-state index contributed by atoms with van der Waals surface area (Å²) in [5.74, 6) is 2.02. The molecule has 3 aliphatic rings. The summed E-state index contributed by atoms with van der Waals surface area (Å²) in [5, 5.41) is 0. The van der Waals surface area contributed by atoms with Crippen molar-refractivity contribution in [2.24, 2.45) is 0 Å². The fraction of sp³-hybridized carbons (Fsp3) is 0.375. The predicted octanol–water partition coefficient (Wildman–Crippen LogP) is 4.92. The Morgan fingerprint density at radius 2 is 1.76 bits per heavy atom. The van der Waals surface area contributed by atoms with Crippen LogP contribution in [0.25, 0.3) is 11.4 Å². The van der Waals surface area contributed by atoms with E-state index in [1.807, 2.05) is 64.1 Å². The van der Waals surface area contributed by atoms with E-state index in [2.05, 4.69) is 16.0 Å². The Balaban J connectivity index is 1.23. The zero-order valence-electron chi connectivity index (χ0n) is 23.8. The Labute approximate surface area is 240 Å². The molecule has 6 rings (SSSR count). The molecule has 3 amide bonds. The molecule has 2 fully saturated rings. The molecule has 3 aromatic rings. The number of urea groups is 1. The molecule has 0 aliphatic carbocycles. The summed E-state index contributed by atoms with van der Waals surface area (Å²) >= 11 is 0. The van der Waals surface area contributed by atoms with Crippen LogP contribution >= 0.6 is 0 Å². The van der Waals surface area contributed by atoms with E-state index in [1.54, 1.807) is 26.6 Å². The molecule has 0 saturated carbocycles. The second-order valence-corrected chi connectivity index (χ2v) is 10.7. The Kier molecular flexibility index (Phi) is 7.11. The minimum absolute atomic E-state index is 0.0121. The lowest BCUT2D eigenvalue weighted by Crippen LogP contribution is -2.54. The van der Waals surface area contributed by atoms with E-state index in [-0.39, 0.29) is 11.9 Å². The van der Waals surface area contributed by atoms with Crippen LogP contribution in [-0.4, -0.2) is 76.0 Å². The third kappa shape index (κ3) is 4.59. The number of fused-ring (bicyclic) bond motifs is 3. The molecular weight excluding hydrogens is 518 g/mol. The number of ether oxygens (including phenoxy) is 2. The van der Waals surface area contributed by atoms with Gasteiger partial charge in [-0.05, 0) is 49.8 Å². The summed E-state index contributed by atoms with van der Waals surface area (Å²) in [6.07, 6.45) is 8.42. The van der Waals surface area contributed by atoms with Gasteiger partial charge in [-0.25, -0.2) is 14.8 Å². The van der Waals surface area contributed by atoms with Crippen molar-refractivity contribution in [1.82, 2.24) is 24.7 Å². The third-order valence-electron chi connectivity index (χ3n) is 8.66. The Hall–Kier alpha value is -4.40. The van der Waals surface area contributed by atoms with Crippen LogP contribution in [0.3, 0.4) is 0 Å². The molecule has 0 N–H and O–H groups in total. The maximum absolute atomic E-state index is 13.9. The molecular formula is C32H35N5O4. The van der Waals surface area contributed by atoms with Gasteiger partial charge in [0.25, 0.3) is 5.91 Å². The van der Waals surface area contributed by atoms with Crippen molar-refractivity contribution in [3.8, 4) is 22.9 Å². The zero-order valence-corrected chi connectivity index (χ0v) is 23.8. The minimum Gasteiger partial charge on any atom is -0.497 e. The number of likely N-dealkylation sites (N-methyl/N-ethyl adjacent to an activating group) is 1. The van der Waals surface area contributed by atoms with Crippen molar-refractivity contribution in [2.75, 3.05) is 33.9 Å². The lowest BCUT2D eigenvalue weighted by Gasteiger charge is -2.44. The van der Waals surface area contributed by atoms with Gasteiger partial charge in [-0.1, -0.05) is 36.4 Å². The SMILES string of the molecule is CCN1C(=O)N2Cc3cc(OC)cc(OC)c3CC/C=C\2C12CCN(C(=O)c1cnc(-c3ccccc3)nc1)CC2. The number of rotatable bonds is 5. The topological polar surface area (TPSA) is 88.1 Å². The summed E-state index contributed by atoms with van der Waals surface area (Å²) < 4.78 is 11.2. The summed E-state index contributed by atoms with van der Waals surface area (Å²) in [4.78, 5) is 42.0. The molecule has 0 bridgehead atoms. The highest BCUT2D eigenvalue weighted by Gasteiger charge is 2.54. The van der Waals surface area contributed by atoms with Crippen molar-refractivity contribution >= 4 is 11.9 Å². The maximum Gasteiger partial charge on any atom is 0.325 e. The number of hydrogen-bond acceptors (Lipinski definition) is 6. The summed E-state index contributed by atoms with van der Waals surface area (Å²) in [5.41, 5.74) is 4.16. The average Bonchev–Trinajstić information content (AvgIpc) is 3.21. The van der Waals surface area contributed by atoms with Crippen molar-refractivity contribution < 1.29 is 19.1 Å². The predicted molar refractivity (Wildman–Crippen MR) is 155 cm³/mol. The van der Waals surface area contributed by atoms with Gasteiger partial charge < -0.3 is 19.3 Å². The monoisotopic (exact) mass is 553 g/mol. The van der Waals surface area contributed by atoms with Crippen LogP contribution in [0.4, 0.5) is 4.79 Å². The number of hydrogen-bond donors (Lipinski definition) is 0. The van der Waals surface area contributed by atoms with Gasteiger partial charge in [0, 0.05) is 49.4 Å². The maximum atomic E-state index is 13.9. The summed E-state index contributed by atoms with van der Waals surface area (Å²) in [6, 6.07) is 13.6. The van der Waals surface area contributed by atoms with Crippen LogP contribution in [-0.2, 0) is 13.0 Å². The summed E-state index contributed by atoms with van der Waals surface area (Å²) in [6.45, 7) is 4.19. The minimum atomic E-state index is -0.434. The van der Waals surface area contributed by atoms with Crippen molar-refractivity contribution in [2.45, 2.75) is 44.7 Å². The van der Waals surface area contributed by atoms with Crippen LogP contribution in [0.1, 0.15) is 47.7 Å². The van der Waals surface area contributed by atoms with Crippen molar-refractivity contribution in [1.29, 1.82) is 0 Å². The van der Waals surface area contributed by atoms with E-state index in [1.165, 1.54) is 0 Å². The first-order chi connectivity index (χ1) is 20.0. The van der Waals surface area contributed by atoms with E-state index in [0.29, 0.717) is 56.2 Å². The van der Waals surface area contributed by atoms with E-state index in [4.69, 9.17) is 9.47 Å². The largest absolute Gasteiger partial charge is 0.497 e. The number of likely N-dealkylation sites (tertiary alicyclic amines) is 1. The van der Waals surface area contributed by atoms with E-state index < -0.39 is 5.54 Å². The van der Waals surface area contributed by atoms with E-state index >= 15 is 0 Å². The van der Waals surface area contributed by atoms with Crippen LogP contribution in [0.2, 0.25) is 0 Å². The van der Waals surface area contributed by atoms with Crippen LogP contribution in [0.15, 0.2) is 66.6 Å². The Bertz CT molecular complexity index is 1480. The first-order valence-electron chi connectivity index (χ1n) is 14.2. The molecule has 9 heteroatoms. The highest BCUT2D eigenvalue weighted by molar-refractivity contribution is 5.94. The number of piperidine rings is 1. The van der Waals surface area contributed by atoms with Gasteiger partial charge in [-0.3, -0.25) is 9.69 Å². The van der Waals surface area contributed by atoms with E-state index in [0.717, 1.165) is 41.0 Å². The number of carbonyl (C=O) groups excluding carboxylic acids is 2. The molecule has 4 heterocycles. The normalized spacial score (nSPS) is 19.1. The standard InChI is InChI=1S/C32H35N5O4/c1-4-37-31(39)36-21-23-17-25(40-2)18-27(41-3)26(23)11-8-12-28(36)32(37)13-15-35(16-14-32)30(38)24-19-33-29(34-20-24)22-9-6-5-7-10-22/h5-7,9-10,12,17-20H,4,8,11,13-16,21H2,1-3H3/b28-12-. The lowest BCUT2D eigenvalue weighted by molar-refractivity contribution is 0.0575. The van der Waals surface area contributed by atoms with Gasteiger partial charge in [0.2, 0.25) is 0 Å². The molecule has 2 aromatic carbocycles. The quantitative estimate of drug-likeness (QED) is 0.446. The molecule has 0 atom stereocenters. The Morgan fingerprint density at radius 1 is 1.02 bits per heavy atom. The van der Waals surface area contributed by atoms with Gasteiger partial charge in [-0.15, -0.1) is 0 Å². The first kappa shape index (κ1) is 26.8. The average molecular weight is 554 g/mol. The number of carbonyl (C=O) groups is 2. The number of methoxy groups -OCH3 is 2. The van der Waals surface area contributed by atoms with Gasteiger partial charge in [0.15, 0.2) is 5.82 Å². The van der Waals surface area contributed by atoms with Crippen LogP contribution < -0.4 is 9.47 Å². The molecule has 2 saturated heterocycles. The third-order valence-corrected chi connectivity index (χ3v) is 8.66. The number of aromatic nitrogens is 2. The molecule has 0 radical (unpaired) electrons. The smallest absolute Gasteiger partial charge is 0.325 e. The molecule has 9 nitrogen and oxygen atoms in total. The van der Waals surface area contributed by atoms with Crippen molar-refractivity contribution in [3.63, 3.8) is 0 Å². The number of amides is 3. The second kappa shape index (κ2) is 10.9. The lowest BCUT2D eigenvalue weighted by atomic mass is 9.82. The van der Waals surface area contributed by atoms with Gasteiger partial charge in [0.1, 0.15) is 11.5 Å². The molecule has 41 heavy (non-hydrogen) atoms. The molecule has 1 aromatic heterocycles. The fourth-order valence-electron chi connectivity index (χ4n) is 6.60. The first-order valence-corrected chi connectivity index (χ1v) is 14.2. The molecule has 1 spiro atoms. The number of benzene rings is 2. The Morgan fingerprint density at radius 3 is 2.41 bits per heavy atom. The summed E-state index contributed by atoms with van der Waals surface area (Å²) in [7, 11) is 3.31. The fourth-order valence-corrected chi connectivity index (χ4v) is 6.60. The highest BCUT2D eigenvalue weighted by atomic mass is 16.5. The van der Waals surface area contributed by atoms with Crippen LogP contribution in [0.5, 0.6) is 11.5 Å². The van der Waals surface area contributed by atoms with Gasteiger partial charge in [-0.2, -0.15) is 0 Å². The second-order valence-electron chi connectivity index (χ2n) is 10.7. The number of nitrogens with zero attached hydrogens (tertiary/aromatic N) is 5. The van der Waals surface area contributed by atoms with E-state index in [9.17, 15) is 9.59 Å². The molecule has 3 aliphatic heterocycles. The molecule has 212 valence electrons. The molecule has 0 unspecified atom stereocenters. The van der Waals surface area contributed by atoms with Gasteiger partial charge >= 0.3 is 6.03 Å². The van der Waals surface area contributed by atoms with Crippen molar-refractivity contribution in [3.05, 3.63) is 83.3 Å². The number of allylic oxidation sites excluding steroid dienone is 1. The van der Waals surface area contributed by atoms with Gasteiger partial charge in [0.05, 0.1) is 31.9 Å². The van der Waals surface area contributed by atoms with Crippen LogP contribution in [0, 0.1) is 0 Å².